The van der Waals surface area contributed by atoms with Crippen molar-refractivity contribution in [1.29, 1.82) is 0 Å². The fourth-order valence-corrected chi connectivity index (χ4v) is 2.24. The van der Waals surface area contributed by atoms with Crippen LogP contribution in [0.3, 0.4) is 0 Å². The minimum atomic E-state index is 0. The SMILES string of the molecule is CCN(Cc1cnn(C)c1)C(=O)C1CCCN1.Cl.Cl. The summed E-state index contributed by atoms with van der Waals surface area (Å²) in [6.07, 6.45) is 5.83. The zero-order chi connectivity index (χ0) is 12.3. The van der Waals surface area contributed by atoms with Crippen molar-refractivity contribution >= 4 is 30.7 Å². The van der Waals surface area contributed by atoms with E-state index < -0.39 is 0 Å². The highest BCUT2D eigenvalue weighted by Gasteiger charge is 2.26. The number of aryl methyl sites for hydroxylation is 1. The molecule has 0 aliphatic carbocycles. The maximum absolute atomic E-state index is 12.2. The van der Waals surface area contributed by atoms with Crippen LogP contribution >= 0.6 is 24.8 Å². The zero-order valence-corrected chi connectivity index (χ0v) is 13.0. The Morgan fingerprint density at radius 3 is 2.79 bits per heavy atom. The Balaban J connectivity index is 0.00000162. The normalized spacial score (nSPS) is 17.5. The van der Waals surface area contributed by atoms with Gasteiger partial charge in [0.05, 0.1) is 12.2 Å². The summed E-state index contributed by atoms with van der Waals surface area (Å²) >= 11 is 0. The van der Waals surface area contributed by atoms with Crippen LogP contribution in [0.15, 0.2) is 12.4 Å². The lowest BCUT2D eigenvalue weighted by Gasteiger charge is -2.23. The lowest BCUT2D eigenvalue weighted by Crippen LogP contribution is -2.43. The smallest absolute Gasteiger partial charge is 0.239 e. The second kappa shape index (κ2) is 8.40. The van der Waals surface area contributed by atoms with Crippen LogP contribution in [0, 0.1) is 0 Å². The molecule has 7 heteroatoms. The van der Waals surface area contributed by atoms with Crippen LogP contribution in [0.25, 0.3) is 0 Å². The largest absolute Gasteiger partial charge is 0.337 e. The predicted octanol–water partition coefficient (Wildman–Crippen LogP) is 1.36. The van der Waals surface area contributed by atoms with E-state index in [0.29, 0.717) is 6.54 Å². The zero-order valence-electron chi connectivity index (χ0n) is 11.3. The van der Waals surface area contributed by atoms with Gasteiger partial charge in [-0.3, -0.25) is 9.48 Å². The molecule has 0 aromatic carbocycles. The number of nitrogens with one attached hydrogen (secondary N) is 1. The van der Waals surface area contributed by atoms with Gasteiger partial charge in [-0.05, 0) is 26.3 Å². The highest BCUT2D eigenvalue weighted by atomic mass is 35.5. The van der Waals surface area contributed by atoms with Gasteiger partial charge in [0.25, 0.3) is 0 Å². The molecular weight excluding hydrogens is 287 g/mol. The van der Waals surface area contributed by atoms with E-state index in [4.69, 9.17) is 0 Å². The van der Waals surface area contributed by atoms with Gasteiger partial charge in [0.15, 0.2) is 0 Å². The Hall–Kier alpha value is -0.780. The summed E-state index contributed by atoms with van der Waals surface area (Å²) in [6.45, 7) is 4.37. The lowest BCUT2D eigenvalue weighted by molar-refractivity contribution is -0.133. The van der Waals surface area contributed by atoms with Gasteiger partial charge in [-0.25, -0.2) is 0 Å². The molecule has 1 saturated heterocycles. The van der Waals surface area contributed by atoms with Crippen molar-refractivity contribution in [2.24, 2.45) is 7.05 Å². The number of carbonyl (C=O) groups excluding carboxylic acids is 1. The predicted molar refractivity (Wildman–Crippen MR) is 79.8 cm³/mol. The number of rotatable bonds is 4. The summed E-state index contributed by atoms with van der Waals surface area (Å²) in [6, 6.07) is 0.0200. The van der Waals surface area contributed by atoms with Gasteiger partial charge < -0.3 is 10.2 Å². The van der Waals surface area contributed by atoms with Gasteiger partial charge in [-0.15, -0.1) is 24.8 Å². The number of carbonyl (C=O) groups is 1. The van der Waals surface area contributed by atoms with Crippen molar-refractivity contribution in [3.8, 4) is 0 Å². The van der Waals surface area contributed by atoms with Crippen LogP contribution < -0.4 is 5.32 Å². The number of hydrogen-bond donors (Lipinski definition) is 1. The van der Waals surface area contributed by atoms with Crippen molar-refractivity contribution < 1.29 is 4.79 Å². The van der Waals surface area contributed by atoms with Crippen LogP contribution in [0.2, 0.25) is 0 Å². The number of nitrogens with zero attached hydrogens (tertiary/aromatic N) is 3. The Bertz CT molecular complexity index is 391. The third-order valence-corrected chi connectivity index (χ3v) is 3.18. The van der Waals surface area contributed by atoms with E-state index in [-0.39, 0.29) is 36.8 Å². The van der Waals surface area contributed by atoms with E-state index >= 15 is 0 Å². The Morgan fingerprint density at radius 1 is 1.58 bits per heavy atom. The highest BCUT2D eigenvalue weighted by molar-refractivity contribution is 5.85. The summed E-state index contributed by atoms with van der Waals surface area (Å²) in [5.41, 5.74) is 1.08. The molecule has 1 atom stereocenters. The average molecular weight is 309 g/mol. The second-order valence-electron chi connectivity index (χ2n) is 4.52. The first kappa shape index (κ1) is 18.2. The Kier molecular flexibility index (Phi) is 8.06. The number of aromatic nitrogens is 2. The van der Waals surface area contributed by atoms with Crippen LogP contribution in [-0.2, 0) is 18.4 Å². The van der Waals surface area contributed by atoms with Crippen molar-refractivity contribution in [1.82, 2.24) is 20.0 Å². The van der Waals surface area contributed by atoms with E-state index in [1.165, 1.54) is 0 Å². The summed E-state index contributed by atoms with van der Waals surface area (Å²) in [5.74, 6) is 0.217. The fraction of sp³-hybridized carbons (Fsp3) is 0.667. The van der Waals surface area contributed by atoms with Gasteiger partial charge in [0.1, 0.15) is 0 Å². The van der Waals surface area contributed by atoms with E-state index in [1.54, 1.807) is 4.68 Å². The molecule has 1 aliphatic heterocycles. The molecule has 1 amide bonds. The third kappa shape index (κ3) is 4.67. The standard InChI is InChI=1S/C12H20N4O.2ClH/c1-3-16(9-10-7-14-15(2)8-10)12(17)11-5-4-6-13-11;;/h7-8,11,13H,3-6,9H2,1-2H3;2*1H. The summed E-state index contributed by atoms with van der Waals surface area (Å²) in [7, 11) is 1.89. The minimum absolute atomic E-state index is 0. The molecule has 1 aliphatic rings. The van der Waals surface area contributed by atoms with Gasteiger partial charge in [0.2, 0.25) is 5.91 Å². The summed E-state index contributed by atoms with van der Waals surface area (Å²) in [4.78, 5) is 14.1. The molecule has 110 valence electrons. The first-order valence-electron chi connectivity index (χ1n) is 6.20. The van der Waals surface area contributed by atoms with Crippen molar-refractivity contribution in [2.45, 2.75) is 32.4 Å². The number of amides is 1. The molecule has 1 N–H and O–H groups in total. The monoisotopic (exact) mass is 308 g/mol. The molecule has 2 rings (SSSR count). The molecule has 1 unspecified atom stereocenters. The molecule has 2 heterocycles. The van der Waals surface area contributed by atoms with Crippen LogP contribution in [0.5, 0.6) is 0 Å². The molecule has 1 aromatic heterocycles. The number of halogens is 2. The molecule has 1 fully saturated rings. The Morgan fingerprint density at radius 2 is 2.32 bits per heavy atom. The lowest BCUT2D eigenvalue weighted by atomic mass is 10.2. The van der Waals surface area contributed by atoms with E-state index in [9.17, 15) is 4.79 Å². The second-order valence-corrected chi connectivity index (χ2v) is 4.52. The molecular formula is C12H22Cl2N4O. The third-order valence-electron chi connectivity index (χ3n) is 3.18. The molecule has 0 bridgehead atoms. The number of likely N-dealkylation sites (N-methyl/N-ethyl adjacent to an activating group) is 1. The van der Waals surface area contributed by atoms with Gasteiger partial charge in [-0.1, -0.05) is 0 Å². The highest BCUT2D eigenvalue weighted by Crippen LogP contribution is 2.11. The van der Waals surface area contributed by atoms with Gasteiger partial charge in [-0.2, -0.15) is 5.10 Å². The quantitative estimate of drug-likeness (QED) is 0.914. The molecule has 19 heavy (non-hydrogen) atoms. The first-order chi connectivity index (χ1) is 8.20. The molecule has 1 aromatic rings. The fourth-order valence-electron chi connectivity index (χ4n) is 2.24. The summed E-state index contributed by atoms with van der Waals surface area (Å²) < 4.78 is 1.77. The van der Waals surface area contributed by atoms with Crippen LogP contribution in [-0.4, -0.2) is 39.7 Å². The summed E-state index contributed by atoms with van der Waals surface area (Å²) in [5, 5.41) is 7.37. The Labute approximate surface area is 126 Å². The minimum Gasteiger partial charge on any atom is -0.337 e. The van der Waals surface area contributed by atoms with Crippen LogP contribution in [0.1, 0.15) is 25.3 Å². The maximum Gasteiger partial charge on any atom is 0.239 e. The molecule has 0 saturated carbocycles. The van der Waals surface area contributed by atoms with Crippen molar-refractivity contribution in [3.63, 3.8) is 0 Å². The van der Waals surface area contributed by atoms with E-state index in [0.717, 1.165) is 31.5 Å². The van der Waals surface area contributed by atoms with Crippen molar-refractivity contribution in [2.75, 3.05) is 13.1 Å². The van der Waals surface area contributed by atoms with Gasteiger partial charge in [0, 0.05) is 31.9 Å². The van der Waals surface area contributed by atoms with E-state index in [1.807, 2.05) is 31.3 Å². The first-order valence-corrected chi connectivity index (χ1v) is 6.20. The average Bonchev–Trinajstić information content (AvgIpc) is 2.96. The van der Waals surface area contributed by atoms with Crippen LogP contribution in [0.4, 0.5) is 0 Å². The van der Waals surface area contributed by atoms with E-state index in [2.05, 4.69) is 10.4 Å². The molecule has 0 spiro atoms. The topological polar surface area (TPSA) is 50.2 Å². The van der Waals surface area contributed by atoms with Gasteiger partial charge >= 0.3 is 0 Å². The van der Waals surface area contributed by atoms with Crippen molar-refractivity contribution in [3.05, 3.63) is 18.0 Å². The molecule has 0 radical (unpaired) electrons. The maximum atomic E-state index is 12.2. The molecule has 5 nitrogen and oxygen atoms in total. The number of hydrogen-bond acceptors (Lipinski definition) is 3.